The predicted octanol–water partition coefficient (Wildman–Crippen LogP) is 4.09. The Morgan fingerprint density at radius 3 is 2.50 bits per heavy atom. The Hall–Kier alpha value is -1.31. The zero-order valence-electron chi connectivity index (χ0n) is 11.5. The standard InChI is InChI=1S/C18H19ClN/c1-18(11-14-5-3-2-4-6-14)13-20-12-17(18)15-7-9-16(19)10-8-15/h2-10,17,20H,1,11-13H2/t17-,18-/m1/s1. The molecule has 0 spiro atoms. The number of hydrogen-bond donors (Lipinski definition) is 1. The van der Waals surface area contributed by atoms with Gasteiger partial charge in [-0.1, -0.05) is 54.1 Å². The van der Waals surface area contributed by atoms with Gasteiger partial charge in [0.2, 0.25) is 0 Å². The van der Waals surface area contributed by atoms with Crippen molar-refractivity contribution in [1.29, 1.82) is 0 Å². The lowest BCUT2D eigenvalue weighted by molar-refractivity contribution is 0.370. The van der Waals surface area contributed by atoms with Crippen molar-refractivity contribution in [1.82, 2.24) is 5.32 Å². The largest absolute Gasteiger partial charge is 0.316 e. The normalized spacial score (nSPS) is 25.8. The maximum atomic E-state index is 5.99. The first-order chi connectivity index (χ1) is 9.67. The van der Waals surface area contributed by atoms with Gasteiger partial charge < -0.3 is 5.32 Å². The summed E-state index contributed by atoms with van der Waals surface area (Å²) in [5.74, 6) is 0.431. The van der Waals surface area contributed by atoms with Crippen molar-refractivity contribution in [2.24, 2.45) is 5.41 Å². The summed E-state index contributed by atoms with van der Waals surface area (Å²) >= 11 is 5.99. The molecular formula is C18H19ClN. The number of benzene rings is 2. The minimum atomic E-state index is 0.00911. The van der Waals surface area contributed by atoms with Crippen molar-refractivity contribution in [2.75, 3.05) is 13.1 Å². The molecule has 1 fully saturated rings. The molecule has 0 amide bonds. The zero-order chi connectivity index (χ0) is 14.0. The molecule has 103 valence electrons. The molecule has 1 aliphatic heterocycles. The van der Waals surface area contributed by atoms with Crippen LogP contribution in [0, 0.1) is 12.3 Å². The van der Waals surface area contributed by atoms with Gasteiger partial charge in [-0.05, 0) is 42.0 Å². The molecule has 0 bridgehead atoms. The summed E-state index contributed by atoms with van der Waals surface area (Å²) in [6.07, 6.45) is 0.994. The smallest absolute Gasteiger partial charge is 0.0406 e. The van der Waals surface area contributed by atoms with Crippen molar-refractivity contribution >= 4 is 11.6 Å². The Morgan fingerprint density at radius 1 is 1.10 bits per heavy atom. The zero-order valence-corrected chi connectivity index (χ0v) is 12.2. The highest BCUT2D eigenvalue weighted by Crippen LogP contribution is 2.41. The Bertz CT molecular complexity index is 564. The second kappa shape index (κ2) is 5.59. The van der Waals surface area contributed by atoms with Gasteiger partial charge >= 0.3 is 0 Å². The van der Waals surface area contributed by atoms with Crippen LogP contribution in [0.2, 0.25) is 5.02 Å². The van der Waals surface area contributed by atoms with E-state index in [-0.39, 0.29) is 5.41 Å². The molecule has 2 aromatic carbocycles. The molecule has 3 rings (SSSR count). The molecule has 1 aliphatic rings. The van der Waals surface area contributed by atoms with Gasteiger partial charge in [-0.2, -0.15) is 0 Å². The molecule has 1 heterocycles. The molecule has 2 atom stereocenters. The SMILES string of the molecule is [CH2][C@@]1(Cc2ccccc2)CNC[C@@H]1c1ccc(Cl)cc1. The lowest BCUT2D eigenvalue weighted by Gasteiger charge is -2.31. The van der Waals surface area contributed by atoms with Crippen molar-refractivity contribution in [2.45, 2.75) is 12.3 Å². The first-order valence-corrected chi connectivity index (χ1v) is 7.41. The van der Waals surface area contributed by atoms with Crippen LogP contribution in [0.4, 0.5) is 0 Å². The van der Waals surface area contributed by atoms with Gasteiger partial charge in [-0.15, -0.1) is 0 Å². The second-order valence-electron chi connectivity index (χ2n) is 5.76. The highest BCUT2D eigenvalue weighted by atomic mass is 35.5. The van der Waals surface area contributed by atoms with E-state index in [9.17, 15) is 0 Å². The van der Waals surface area contributed by atoms with Gasteiger partial charge in [-0.25, -0.2) is 0 Å². The average molecular weight is 285 g/mol. The third-order valence-corrected chi connectivity index (χ3v) is 4.49. The highest BCUT2D eigenvalue weighted by molar-refractivity contribution is 6.30. The molecule has 1 saturated heterocycles. The van der Waals surface area contributed by atoms with Gasteiger partial charge in [0, 0.05) is 24.0 Å². The fourth-order valence-electron chi connectivity index (χ4n) is 3.16. The van der Waals surface area contributed by atoms with Crippen molar-refractivity contribution in [3.05, 3.63) is 77.7 Å². The fourth-order valence-corrected chi connectivity index (χ4v) is 3.29. The van der Waals surface area contributed by atoms with Gasteiger partial charge in [0.05, 0.1) is 0 Å². The summed E-state index contributed by atoms with van der Waals surface area (Å²) in [4.78, 5) is 0. The first-order valence-electron chi connectivity index (χ1n) is 7.03. The molecule has 1 N–H and O–H groups in total. The van der Waals surface area contributed by atoms with Crippen molar-refractivity contribution < 1.29 is 0 Å². The average Bonchev–Trinajstić information content (AvgIpc) is 2.82. The molecule has 0 aliphatic carbocycles. The maximum absolute atomic E-state index is 5.99. The Morgan fingerprint density at radius 2 is 1.80 bits per heavy atom. The third-order valence-electron chi connectivity index (χ3n) is 4.24. The van der Waals surface area contributed by atoms with Gasteiger partial charge in [0.1, 0.15) is 0 Å². The summed E-state index contributed by atoms with van der Waals surface area (Å²) in [7, 11) is 0. The predicted molar refractivity (Wildman–Crippen MR) is 85.0 cm³/mol. The molecule has 0 saturated carbocycles. The molecule has 1 nitrogen and oxygen atoms in total. The number of hydrogen-bond acceptors (Lipinski definition) is 1. The van der Waals surface area contributed by atoms with Crippen LogP contribution < -0.4 is 5.32 Å². The van der Waals surface area contributed by atoms with Crippen LogP contribution in [0.25, 0.3) is 0 Å². The lowest BCUT2D eigenvalue weighted by atomic mass is 9.72. The molecule has 20 heavy (non-hydrogen) atoms. The summed E-state index contributed by atoms with van der Waals surface area (Å²) in [6.45, 7) is 6.49. The molecule has 0 aromatic heterocycles. The molecular weight excluding hydrogens is 266 g/mol. The minimum absolute atomic E-state index is 0.00911. The maximum Gasteiger partial charge on any atom is 0.0406 e. The molecule has 2 aromatic rings. The van der Waals surface area contributed by atoms with Crippen LogP contribution in [0.1, 0.15) is 17.0 Å². The lowest BCUT2D eigenvalue weighted by Crippen LogP contribution is -2.28. The van der Waals surface area contributed by atoms with E-state index in [0.717, 1.165) is 24.5 Å². The minimum Gasteiger partial charge on any atom is -0.316 e. The Labute approximate surface area is 126 Å². The number of rotatable bonds is 3. The van der Waals surface area contributed by atoms with Gasteiger partial charge in [0.25, 0.3) is 0 Å². The quantitative estimate of drug-likeness (QED) is 0.895. The highest BCUT2D eigenvalue weighted by Gasteiger charge is 2.39. The van der Waals surface area contributed by atoms with Crippen LogP contribution in [-0.2, 0) is 6.42 Å². The van der Waals surface area contributed by atoms with Gasteiger partial charge in [0.15, 0.2) is 0 Å². The Kier molecular flexibility index (Phi) is 3.82. The number of halogens is 1. The van der Waals surface area contributed by atoms with Crippen LogP contribution in [0.15, 0.2) is 54.6 Å². The van der Waals surface area contributed by atoms with Gasteiger partial charge in [-0.3, -0.25) is 0 Å². The molecule has 0 unspecified atom stereocenters. The molecule has 1 radical (unpaired) electrons. The summed E-state index contributed by atoms with van der Waals surface area (Å²) < 4.78 is 0. The summed E-state index contributed by atoms with van der Waals surface area (Å²) in [5, 5.41) is 4.29. The summed E-state index contributed by atoms with van der Waals surface area (Å²) in [5.41, 5.74) is 2.69. The van der Waals surface area contributed by atoms with E-state index in [4.69, 9.17) is 11.6 Å². The van der Waals surface area contributed by atoms with Crippen LogP contribution in [0.3, 0.4) is 0 Å². The third kappa shape index (κ3) is 2.74. The topological polar surface area (TPSA) is 12.0 Å². The van der Waals surface area contributed by atoms with Crippen molar-refractivity contribution in [3.8, 4) is 0 Å². The monoisotopic (exact) mass is 284 g/mol. The fraction of sp³-hybridized carbons (Fsp3) is 0.278. The van der Waals surface area contributed by atoms with Crippen LogP contribution in [0.5, 0.6) is 0 Å². The van der Waals surface area contributed by atoms with E-state index in [1.54, 1.807) is 0 Å². The van der Waals surface area contributed by atoms with Crippen LogP contribution >= 0.6 is 11.6 Å². The van der Waals surface area contributed by atoms with E-state index < -0.39 is 0 Å². The van der Waals surface area contributed by atoms with E-state index in [1.165, 1.54) is 11.1 Å². The molecule has 2 heteroatoms. The number of nitrogens with one attached hydrogen (secondary N) is 1. The van der Waals surface area contributed by atoms with Crippen LogP contribution in [-0.4, -0.2) is 13.1 Å². The first kappa shape index (κ1) is 13.7. The van der Waals surface area contributed by atoms with E-state index in [1.807, 2.05) is 12.1 Å². The summed E-state index contributed by atoms with van der Waals surface area (Å²) in [6, 6.07) is 18.8. The second-order valence-corrected chi connectivity index (χ2v) is 6.20. The van der Waals surface area contributed by atoms with E-state index in [0.29, 0.717) is 5.92 Å². The van der Waals surface area contributed by atoms with E-state index >= 15 is 0 Å². The van der Waals surface area contributed by atoms with E-state index in [2.05, 4.69) is 54.7 Å². The Balaban J connectivity index is 1.85. The van der Waals surface area contributed by atoms with Crippen molar-refractivity contribution in [3.63, 3.8) is 0 Å².